The number of hydrogen-bond acceptors (Lipinski definition) is 3. The molecule has 0 atom stereocenters. The summed E-state index contributed by atoms with van der Waals surface area (Å²) < 4.78 is 26.5. The predicted molar refractivity (Wildman–Crippen MR) is 140 cm³/mol. The van der Waals surface area contributed by atoms with Crippen molar-refractivity contribution in [3.05, 3.63) is 83.2 Å². The van der Waals surface area contributed by atoms with E-state index in [9.17, 15) is 9.18 Å². The van der Waals surface area contributed by atoms with Crippen molar-refractivity contribution in [3.63, 3.8) is 0 Å². The molecule has 0 spiro atoms. The number of carboxylic acid groups (broad SMARTS) is 1. The second-order valence-electron chi connectivity index (χ2n) is 9.64. The van der Waals surface area contributed by atoms with Crippen molar-refractivity contribution < 1.29 is 23.8 Å². The van der Waals surface area contributed by atoms with E-state index in [4.69, 9.17) is 14.6 Å². The maximum Gasteiger partial charge on any atom is 0.303 e. The lowest BCUT2D eigenvalue weighted by atomic mass is 9.81. The molecule has 3 aromatic carbocycles. The average molecular weight is 491 g/mol. The van der Waals surface area contributed by atoms with Gasteiger partial charge in [-0.1, -0.05) is 62.4 Å². The van der Waals surface area contributed by atoms with Crippen LogP contribution in [0.3, 0.4) is 0 Å². The number of carbonyl (C=O) groups is 1. The van der Waals surface area contributed by atoms with Gasteiger partial charge in [0.15, 0.2) is 0 Å². The molecule has 1 saturated carbocycles. The van der Waals surface area contributed by atoms with Crippen molar-refractivity contribution in [3.8, 4) is 22.6 Å². The van der Waals surface area contributed by atoms with Gasteiger partial charge in [-0.2, -0.15) is 0 Å². The molecule has 36 heavy (non-hydrogen) atoms. The molecular weight excluding hydrogens is 455 g/mol. The second kappa shape index (κ2) is 12.6. The molecule has 1 aliphatic carbocycles. The topological polar surface area (TPSA) is 55.8 Å². The largest absolute Gasteiger partial charge is 0.497 e. The van der Waals surface area contributed by atoms with E-state index in [-0.39, 0.29) is 12.2 Å². The van der Waals surface area contributed by atoms with Crippen LogP contribution in [0.15, 0.2) is 60.7 Å². The van der Waals surface area contributed by atoms with Crippen LogP contribution in [0.2, 0.25) is 0 Å². The standard InChI is InChI=1S/C31H35FO4/c1-35-25-14-16-30(32)29(20-25)27-15-12-23(19-28(27)24-9-5-3-2-4-6-10-24)21-36-26-11-7-8-22(18-26)13-17-31(33)34/h7-8,11-12,14-16,18-20,24H,2-6,9-10,13,17,21H2,1H3,(H,33,34). The van der Waals surface area contributed by atoms with Crippen LogP contribution in [0.4, 0.5) is 4.39 Å². The van der Waals surface area contributed by atoms with Crippen LogP contribution in [0.5, 0.6) is 11.5 Å². The van der Waals surface area contributed by atoms with Crippen LogP contribution in [0.1, 0.15) is 74.0 Å². The first-order valence-corrected chi connectivity index (χ1v) is 12.9. The van der Waals surface area contributed by atoms with Crippen LogP contribution in [-0.4, -0.2) is 18.2 Å². The number of halogens is 1. The third-order valence-electron chi connectivity index (χ3n) is 7.06. The highest BCUT2D eigenvalue weighted by Gasteiger charge is 2.20. The number of aliphatic carboxylic acids is 1. The zero-order chi connectivity index (χ0) is 25.3. The number of methoxy groups -OCH3 is 1. The molecule has 3 aromatic rings. The summed E-state index contributed by atoms with van der Waals surface area (Å²) in [5.41, 5.74) is 4.66. The van der Waals surface area contributed by atoms with Crippen LogP contribution < -0.4 is 9.47 Å². The van der Waals surface area contributed by atoms with Crippen LogP contribution in [0, 0.1) is 5.82 Å². The molecule has 0 amide bonds. The predicted octanol–water partition coefficient (Wildman–Crippen LogP) is 7.93. The molecule has 0 heterocycles. The molecule has 0 aromatic heterocycles. The van der Waals surface area contributed by atoms with Crippen molar-refractivity contribution in [2.75, 3.05) is 7.11 Å². The number of rotatable bonds is 9. The summed E-state index contributed by atoms with van der Waals surface area (Å²) in [6.07, 6.45) is 8.95. The Bertz CT molecular complexity index is 1160. The fourth-order valence-corrected chi connectivity index (χ4v) is 5.10. The Kier molecular flexibility index (Phi) is 8.99. The van der Waals surface area contributed by atoms with Gasteiger partial charge in [0, 0.05) is 12.0 Å². The molecule has 0 aliphatic heterocycles. The number of hydrogen-bond donors (Lipinski definition) is 1. The van der Waals surface area contributed by atoms with E-state index in [1.807, 2.05) is 36.4 Å². The molecule has 5 heteroatoms. The summed E-state index contributed by atoms with van der Waals surface area (Å²) in [7, 11) is 1.60. The van der Waals surface area contributed by atoms with E-state index >= 15 is 0 Å². The fourth-order valence-electron chi connectivity index (χ4n) is 5.10. The molecule has 1 fully saturated rings. The van der Waals surface area contributed by atoms with Crippen molar-refractivity contribution >= 4 is 5.97 Å². The summed E-state index contributed by atoms with van der Waals surface area (Å²) in [5.74, 6) is 0.685. The highest BCUT2D eigenvalue weighted by Crippen LogP contribution is 2.39. The van der Waals surface area contributed by atoms with E-state index < -0.39 is 5.97 Å². The number of benzene rings is 3. The van der Waals surface area contributed by atoms with Gasteiger partial charge in [0.2, 0.25) is 0 Å². The quantitative estimate of drug-likeness (QED) is 0.331. The summed E-state index contributed by atoms with van der Waals surface area (Å²) >= 11 is 0. The lowest BCUT2D eigenvalue weighted by Crippen LogP contribution is -2.07. The number of ether oxygens (including phenoxy) is 2. The van der Waals surface area contributed by atoms with Crippen LogP contribution in [0.25, 0.3) is 11.1 Å². The highest BCUT2D eigenvalue weighted by atomic mass is 19.1. The van der Waals surface area contributed by atoms with Gasteiger partial charge in [-0.25, -0.2) is 4.39 Å². The Morgan fingerprint density at radius 3 is 2.42 bits per heavy atom. The van der Waals surface area contributed by atoms with E-state index in [1.165, 1.54) is 43.7 Å². The van der Waals surface area contributed by atoms with E-state index in [1.54, 1.807) is 19.2 Å². The first kappa shape index (κ1) is 25.7. The Hall–Kier alpha value is -3.34. The molecule has 0 saturated heterocycles. The average Bonchev–Trinajstić information content (AvgIpc) is 2.87. The van der Waals surface area contributed by atoms with Crippen LogP contribution >= 0.6 is 0 Å². The number of aryl methyl sites for hydroxylation is 1. The number of carboxylic acids is 1. The van der Waals surface area contributed by atoms with Crippen molar-refractivity contribution in [2.24, 2.45) is 0 Å². The minimum atomic E-state index is -0.810. The van der Waals surface area contributed by atoms with Gasteiger partial charge >= 0.3 is 5.97 Å². The Balaban J connectivity index is 1.61. The smallest absolute Gasteiger partial charge is 0.303 e. The normalized spacial score (nSPS) is 14.6. The van der Waals surface area contributed by atoms with E-state index in [0.29, 0.717) is 36.0 Å². The zero-order valence-corrected chi connectivity index (χ0v) is 21.0. The fraction of sp³-hybridized carbons (Fsp3) is 0.387. The molecule has 1 N–H and O–H groups in total. The molecule has 0 bridgehead atoms. The van der Waals surface area contributed by atoms with Gasteiger partial charge in [0.25, 0.3) is 0 Å². The third kappa shape index (κ3) is 6.87. The third-order valence-corrected chi connectivity index (χ3v) is 7.06. The van der Waals surface area contributed by atoms with Gasteiger partial charge in [-0.05, 0) is 77.8 Å². The van der Waals surface area contributed by atoms with Gasteiger partial charge in [0.05, 0.1) is 7.11 Å². The van der Waals surface area contributed by atoms with E-state index in [0.717, 1.165) is 29.5 Å². The second-order valence-corrected chi connectivity index (χ2v) is 9.64. The summed E-state index contributed by atoms with van der Waals surface area (Å²) in [6.45, 7) is 0.392. The van der Waals surface area contributed by atoms with Gasteiger partial charge < -0.3 is 14.6 Å². The SMILES string of the molecule is COc1ccc(F)c(-c2ccc(COc3cccc(CCC(=O)O)c3)cc2C2CCCCCCC2)c1. The molecule has 0 unspecified atom stereocenters. The molecule has 0 radical (unpaired) electrons. The Morgan fingerprint density at radius 1 is 0.889 bits per heavy atom. The lowest BCUT2D eigenvalue weighted by Gasteiger charge is -2.24. The van der Waals surface area contributed by atoms with Crippen molar-refractivity contribution in [1.82, 2.24) is 0 Å². The maximum absolute atomic E-state index is 15.0. The molecule has 4 rings (SSSR count). The summed E-state index contributed by atoms with van der Waals surface area (Å²) in [4.78, 5) is 10.9. The first-order valence-electron chi connectivity index (χ1n) is 12.9. The Labute approximate surface area is 213 Å². The van der Waals surface area contributed by atoms with Crippen LogP contribution in [-0.2, 0) is 17.8 Å². The van der Waals surface area contributed by atoms with Gasteiger partial charge in [0.1, 0.15) is 23.9 Å². The summed E-state index contributed by atoms with van der Waals surface area (Å²) in [5, 5.41) is 8.95. The molecular formula is C31H35FO4. The molecule has 190 valence electrons. The lowest BCUT2D eigenvalue weighted by molar-refractivity contribution is -0.136. The Morgan fingerprint density at radius 2 is 1.67 bits per heavy atom. The van der Waals surface area contributed by atoms with Gasteiger partial charge in [-0.15, -0.1) is 0 Å². The summed E-state index contributed by atoms with van der Waals surface area (Å²) in [6, 6.07) is 18.7. The highest BCUT2D eigenvalue weighted by molar-refractivity contribution is 5.71. The minimum absolute atomic E-state index is 0.0937. The molecule has 4 nitrogen and oxygen atoms in total. The maximum atomic E-state index is 15.0. The first-order chi connectivity index (χ1) is 17.5. The molecule has 1 aliphatic rings. The minimum Gasteiger partial charge on any atom is -0.497 e. The van der Waals surface area contributed by atoms with Crippen molar-refractivity contribution in [2.45, 2.75) is 70.3 Å². The monoisotopic (exact) mass is 490 g/mol. The van der Waals surface area contributed by atoms with Gasteiger partial charge in [-0.3, -0.25) is 4.79 Å². The zero-order valence-electron chi connectivity index (χ0n) is 21.0. The van der Waals surface area contributed by atoms with Crippen molar-refractivity contribution in [1.29, 1.82) is 0 Å². The van der Waals surface area contributed by atoms with E-state index in [2.05, 4.69) is 6.07 Å².